The Labute approximate surface area is 98.4 Å². The molecule has 4 heteroatoms. The second-order valence-electron chi connectivity index (χ2n) is 3.45. The molecule has 0 saturated carbocycles. The topological polar surface area (TPSA) is 44.9 Å². The van der Waals surface area contributed by atoms with Crippen molar-refractivity contribution in [3.05, 3.63) is 53.3 Å². The van der Waals surface area contributed by atoms with Crippen LogP contribution in [0.1, 0.15) is 5.56 Å². The minimum atomic E-state index is -0.0538. The van der Waals surface area contributed by atoms with Crippen molar-refractivity contribution in [3.8, 4) is 0 Å². The Morgan fingerprint density at radius 1 is 1.38 bits per heavy atom. The SMILES string of the molecule is O=C(Cc1cc[nH]c1)Nc1cccc(Cl)c1. The number of benzene rings is 1. The maximum atomic E-state index is 11.6. The van der Waals surface area contributed by atoms with Crippen LogP contribution >= 0.6 is 11.6 Å². The lowest BCUT2D eigenvalue weighted by Crippen LogP contribution is -2.13. The first-order valence-corrected chi connectivity index (χ1v) is 5.29. The first-order valence-electron chi connectivity index (χ1n) is 4.91. The molecule has 0 spiro atoms. The fourth-order valence-corrected chi connectivity index (χ4v) is 1.62. The van der Waals surface area contributed by atoms with E-state index in [2.05, 4.69) is 10.3 Å². The summed E-state index contributed by atoms with van der Waals surface area (Å²) in [4.78, 5) is 14.5. The van der Waals surface area contributed by atoms with Gasteiger partial charge in [0.25, 0.3) is 0 Å². The summed E-state index contributed by atoms with van der Waals surface area (Å²) in [6.45, 7) is 0. The van der Waals surface area contributed by atoms with Gasteiger partial charge in [-0.2, -0.15) is 0 Å². The zero-order valence-electron chi connectivity index (χ0n) is 8.53. The van der Waals surface area contributed by atoms with Crippen molar-refractivity contribution < 1.29 is 4.79 Å². The van der Waals surface area contributed by atoms with Gasteiger partial charge in [-0.25, -0.2) is 0 Å². The lowest BCUT2D eigenvalue weighted by Gasteiger charge is -2.04. The molecule has 0 bridgehead atoms. The fraction of sp³-hybridized carbons (Fsp3) is 0.0833. The molecule has 0 aliphatic rings. The smallest absolute Gasteiger partial charge is 0.228 e. The van der Waals surface area contributed by atoms with Gasteiger partial charge in [-0.05, 0) is 29.8 Å². The summed E-state index contributed by atoms with van der Waals surface area (Å²) in [5.74, 6) is -0.0538. The number of anilines is 1. The van der Waals surface area contributed by atoms with E-state index in [0.717, 1.165) is 5.56 Å². The van der Waals surface area contributed by atoms with Crippen LogP contribution in [0.15, 0.2) is 42.7 Å². The molecule has 2 aromatic rings. The zero-order valence-corrected chi connectivity index (χ0v) is 9.29. The maximum Gasteiger partial charge on any atom is 0.228 e. The summed E-state index contributed by atoms with van der Waals surface area (Å²) in [5, 5.41) is 3.39. The van der Waals surface area contributed by atoms with Crippen LogP contribution in [0.2, 0.25) is 5.02 Å². The fourth-order valence-electron chi connectivity index (χ4n) is 1.43. The molecule has 0 aliphatic heterocycles. The zero-order chi connectivity index (χ0) is 11.4. The molecule has 16 heavy (non-hydrogen) atoms. The summed E-state index contributed by atoms with van der Waals surface area (Å²) >= 11 is 5.81. The third-order valence-electron chi connectivity index (χ3n) is 2.14. The number of nitrogens with one attached hydrogen (secondary N) is 2. The Morgan fingerprint density at radius 3 is 2.94 bits per heavy atom. The van der Waals surface area contributed by atoms with Crippen molar-refractivity contribution in [2.45, 2.75) is 6.42 Å². The van der Waals surface area contributed by atoms with E-state index < -0.39 is 0 Å². The van der Waals surface area contributed by atoms with E-state index in [1.807, 2.05) is 6.07 Å². The quantitative estimate of drug-likeness (QED) is 0.843. The van der Waals surface area contributed by atoms with E-state index in [9.17, 15) is 4.79 Å². The minimum Gasteiger partial charge on any atom is -0.367 e. The number of carbonyl (C=O) groups is 1. The van der Waals surface area contributed by atoms with E-state index in [0.29, 0.717) is 17.1 Å². The standard InChI is InChI=1S/C12H11ClN2O/c13-10-2-1-3-11(7-10)15-12(16)6-9-4-5-14-8-9/h1-5,7-8,14H,6H2,(H,15,16). The van der Waals surface area contributed by atoms with Crippen LogP contribution in [0.25, 0.3) is 0 Å². The van der Waals surface area contributed by atoms with Gasteiger partial charge in [-0.1, -0.05) is 17.7 Å². The monoisotopic (exact) mass is 234 g/mol. The molecule has 1 aromatic carbocycles. The van der Waals surface area contributed by atoms with E-state index in [1.165, 1.54) is 0 Å². The van der Waals surface area contributed by atoms with Crippen LogP contribution in [0.3, 0.4) is 0 Å². The summed E-state index contributed by atoms with van der Waals surface area (Å²) < 4.78 is 0. The minimum absolute atomic E-state index is 0.0538. The molecule has 0 aliphatic carbocycles. The molecule has 1 heterocycles. The van der Waals surface area contributed by atoms with Crippen LogP contribution in [0.5, 0.6) is 0 Å². The molecule has 0 atom stereocenters. The number of carbonyl (C=O) groups excluding carboxylic acids is 1. The largest absolute Gasteiger partial charge is 0.367 e. The van der Waals surface area contributed by atoms with Crippen molar-refractivity contribution in [1.29, 1.82) is 0 Å². The molecule has 3 nitrogen and oxygen atoms in total. The van der Waals surface area contributed by atoms with Gasteiger partial charge in [-0.3, -0.25) is 4.79 Å². The molecule has 82 valence electrons. The summed E-state index contributed by atoms with van der Waals surface area (Å²) in [6, 6.07) is 8.96. The highest BCUT2D eigenvalue weighted by atomic mass is 35.5. The summed E-state index contributed by atoms with van der Waals surface area (Å²) in [7, 11) is 0. The first kappa shape index (κ1) is 10.8. The van der Waals surface area contributed by atoms with Crippen LogP contribution in [-0.2, 0) is 11.2 Å². The van der Waals surface area contributed by atoms with Gasteiger partial charge in [-0.15, -0.1) is 0 Å². The van der Waals surface area contributed by atoms with Crippen LogP contribution in [-0.4, -0.2) is 10.9 Å². The Kier molecular flexibility index (Phi) is 3.27. The van der Waals surface area contributed by atoms with Gasteiger partial charge < -0.3 is 10.3 Å². The van der Waals surface area contributed by atoms with E-state index in [1.54, 1.807) is 36.7 Å². The molecule has 2 rings (SSSR count). The molecule has 1 aromatic heterocycles. The second-order valence-corrected chi connectivity index (χ2v) is 3.89. The predicted molar refractivity (Wildman–Crippen MR) is 64.6 cm³/mol. The average molecular weight is 235 g/mol. The number of amides is 1. The molecular formula is C12H11ClN2O. The normalized spacial score (nSPS) is 10.1. The predicted octanol–water partition coefficient (Wildman–Crippen LogP) is 2.85. The highest BCUT2D eigenvalue weighted by molar-refractivity contribution is 6.30. The Bertz CT molecular complexity index is 480. The van der Waals surface area contributed by atoms with Crippen molar-refractivity contribution >= 4 is 23.2 Å². The van der Waals surface area contributed by atoms with Gasteiger partial charge in [0.15, 0.2) is 0 Å². The maximum absolute atomic E-state index is 11.6. The van der Waals surface area contributed by atoms with Crippen LogP contribution in [0, 0.1) is 0 Å². The van der Waals surface area contributed by atoms with Crippen LogP contribution in [0.4, 0.5) is 5.69 Å². The third-order valence-corrected chi connectivity index (χ3v) is 2.37. The van der Waals surface area contributed by atoms with Crippen molar-refractivity contribution in [3.63, 3.8) is 0 Å². The van der Waals surface area contributed by atoms with Crippen LogP contribution < -0.4 is 5.32 Å². The Hall–Kier alpha value is -1.74. The van der Waals surface area contributed by atoms with E-state index in [-0.39, 0.29) is 5.91 Å². The molecular weight excluding hydrogens is 224 g/mol. The second kappa shape index (κ2) is 4.86. The van der Waals surface area contributed by atoms with Gasteiger partial charge >= 0.3 is 0 Å². The number of H-pyrrole nitrogens is 1. The number of aromatic amines is 1. The van der Waals surface area contributed by atoms with Crippen molar-refractivity contribution in [1.82, 2.24) is 4.98 Å². The number of hydrogen-bond acceptors (Lipinski definition) is 1. The Morgan fingerprint density at radius 2 is 2.25 bits per heavy atom. The van der Waals surface area contributed by atoms with Crippen molar-refractivity contribution in [2.24, 2.45) is 0 Å². The molecule has 0 fully saturated rings. The molecule has 0 radical (unpaired) electrons. The van der Waals surface area contributed by atoms with E-state index in [4.69, 9.17) is 11.6 Å². The highest BCUT2D eigenvalue weighted by Crippen LogP contribution is 2.15. The number of halogens is 1. The first-order chi connectivity index (χ1) is 7.74. The summed E-state index contributed by atoms with van der Waals surface area (Å²) in [6.07, 6.45) is 3.95. The van der Waals surface area contributed by atoms with Gasteiger partial charge in [0.05, 0.1) is 6.42 Å². The molecule has 2 N–H and O–H groups in total. The molecule has 0 unspecified atom stereocenters. The highest BCUT2D eigenvalue weighted by Gasteiger charge is 2.04. The number of rotatable bonds is 3. The van der Waals surface area contributed by atoms with Gasteiger partial charge in [0.2, 0.25) is 5.91 Å². The third kappa shape index (κ3) is 2.87. The molecule has 1 amide bonds. The van der Waals surface area contributed by atoms with Gasteiger partial charge in [0.1, 0.15) is 0 Å². The summed E-state index contributed by atoms with van der Waals surface area (Å²) in [5.41, 5.74) is 1.67. The number of hydrogen-bond donors (Lipinski definition) is 2. The lowest BCUT2D eigenvalue weighted by atomic mass is 10.2. The average Bonchev–Trinajstić information content (AvgIpc) is 2.70. The van der Waals surface area contributed by atoms with E-state index >= 15 is 0 Å². The van der Waals surface area contributed by atoms with Gasteiger partial charge in [0, 0.05) is 23.1 Å². The lowest BCUT2D eigenvalue weighted by molar-refractivity contribution is -0.115. The molecule has 0 saturated heterocycles. The van der Waals surface area contributed by atoms with Crippen molar-refractivity contribution in [2.75, 3.05) is 5.32 Å². The Balaban J connectivity index is 1.97. The number of aromatic nitrogens is 1.